The van der Waals surface area contributed by atoms with E-state index in [1.54, 1.807) is 12.1 Å². The van der Waals surface area contributed by atoms with E-state index in [2.05, 4.69) is 28.2 Å². The lowest BCUT2D eigenvalue weighted by Crippen LogP contribution is -2.51. The number of nitrogens with zero attached hydrogens (tertiary/aromatic N) is 1. The number of carbonyl (C=O) groups excluding carboxylic acids is 3. The summed E-state index contributed by atoms with van der Waals surface area (Å²) in [6.07, 6.45) is 5.94. The fourth-order valence-corrected chi connectivity index (χ4v) is 7.47. The van der Waals surface area contributed by atoms with Crippen molar-refractivity contribution in [1.82, 2.24) is 0 Å². The van der Waals surface area contributed by atoms with Gasteiger partial charge in [-0.15, -0.1) is 0 Å². The second-order valence-electron chi connectivity index (χ2n) is 11.2. The van der Waals surface area contributed by atoms with Gasteiger partial charge in [0.1, 0.15) is 11.5 Å². The summed E-state index contributed by atoms with van der Waals surface area (Å²) in [4.78, 5) is 46.1. The molecule has 1 saturated heterocycles. The first-order valence-electron chi connectivity index (χ1n) is 14.3. The Balaban J connectivity index is 1.49. The molecule has 0 aromatic heterocycles. The highest BCUT2D eigenvalue weighted by molar-refractivity contribution is 9.10. The van der Waals surface area contributed by atoms with E-state index in [1.165, 1.54) is 0 Å². The minimum Gasteiger partial charge on any atom is -0.352 e. The number of para-hydroxylation sites is 2. The number of rotatable bonds is 6. The van der Waals surface area contributed by atoms with E-state index in [9.17, 15) is 14.4 Å². The molecular weight excluding hydrogens is 588 g/mol. The summed E-state index contributed by atoms with van der Waals surface area (Å²) >= 11 is 3.47. The third-order valence-corrected chi connectivity index (χ3v) is 9.53. The first kappa shape index (κ1) is 26.6. The number of amides is 1. The Bertz CT molecular complexity index is 1760. The van der Waals surface area contributed by atoms with Crippen LogP contribution in [0.5, 0.6) is 0 Å². The van der Waals surface area contributed by atoms with Crippen molar-refractivity contribution in [3.8, 4) is 0 Å². The van der Waals surface area contributed by atoms with Gasteiger partial charge in [0.15, 0.2) is 11.6 Å². The molecule has 6 heteroatoms. The Hall–Kier alpha value is -4.29. The summed E-state index contributed by atoms with van der Waals surface area (Å²) < 4.78 is 0.856. The Kier molecular flexibility index (Phi) is 6.47. The normalized spacial score (nSPS) is 23.3. The molecule has 3 heterocycles. The number of halogens is 1. The van der Waals surface area contributed by atoms with Gasteiger partial charge < -0.3 is 10.2 Å². The molecule has 0 aliphatic carbocycles. The number of anilines is 2. The highest BCUT2D eigenvalue weighted by Gasteiger charge is 2.70. The maximum atomic E-state index is 14.9. The van der Waals surface area contributed by atoms with E-state index in [0.29, 0.717) is 16.8 Å². The predicted molar refractivity (Wildman–Crippen MR) is 169 cm³/mol. The zero-order valence-electron chi connectivity index (χ0n) is 23.1. The van der Waals surface area contributed by atoms with Crippen molar-refractivity contribution >= 4 is 50.9 Å². The molecule has 0 unspecified atom stereocenters. The Labute approximate surface area is 253 Å². The minimum absolute atomic E-state index is 0.187. The third kappa shape index (κ3) is 3.85. The predicted octanol–water partition coefficient (Wildman–Crippen LogP) is 7.26. The number of hydrogen-bond donors (Lipinski definition) is 1. The molecule has 42 heavy (non-hydrogen) atoms. The maximum absolute atomic E-state index is 14.9. The van der Waals surface area contributed by atoms with Gasteiger partial charge in [-0.05, 0) is 47.4 Å². The van der Waals surface area contributed by atoms with Crippen molar-refractivity contribution in [2.45, 2.75) is 37.3 Å². The van der Waals surface area contributed by atoms with Crippen LogP contribution in [-0.4, -0.2) is 29.6 Å². The van der Waals surface area contributed by atoms with Crippen molar-refractivity contribution in [3.05, 3.63) is 135 Å². The maximum Gasteiger partial charge on any atom is 0.238 e. The fraction of sp³-hybridized carbons (Fsp3) is 0.194. The van der Waals surface area contributed by atoms with Gasteiger partial charge in [0.2, 0.25) is 5.91 Å². The van der Waals surface area contributed by atoms with Gasteiger partial charge in [-0.3, -0.25) is 14.4 Å². The van der Waals surface area contributed by atoms with Crippen LogP contribution in [0.4, 0.5) is 11.4 Å². The second-order valence-corrected chi connectivity index (χ2v) is 12.2. The molecule has 1 spiro atoms. The van der Waals surface area contributed by atoms with Gasteiger partial charge in [0, 0.05) is 27.0 Å². The van der Waals surface area contributed by atoms with Gasteiger partial charge in [0.05, 0.1) is 12.0 Å². The summed E-state index contributed by atoms with van der Waals surface area (Å²) in [5.74, 6) is -1.63. The van der Waals surface area contributed by atoms with Crippen LogP contribution >= 0.6 is 15.9 Å². The topological polar surface area (TPSA) is 66.5 Å². The van der Waals surface area contributed by atoms with Gasteiger partial charge in [0.25, 0.3) is 0 Å². The molecule has 0 bridgehead atoms. The minimum atomic E-state index is -1.31. The number of nitrogens with one attached hydrogen (secondary N) is 1. The molecule has 0 saturated carbocycles. The monoisotopic (exact) mass is 616 g/mol. The number of benzene rings is 4. The van der Waals surface area contributed by atoms with E-state index in [4.69, 9.17) is 0 Å². The molecule has 4 atom stereocenters. The Morgan fingerprint density at radius 2 is 1.52 bits per heavy atom. The summed E-state index contributed by atoms with van der Waals surface area (Å²) in [5.41, 5.74) is 4.05. The Morgan fingerprint density at radius 3 is 2.29 bits per heavy atom. The van der Waals surface area contributed by atoms with E-state index >= 15 is 0 Å². The van der Waals surface area contributed by atoms with Crippen LogP contribution in [0.1, 0.15) is 50.8 Å². The average Bonchev–Trinajstić information content (AvgIpc) is 3.50. The molecule has 3 aliphatic rings. The number of hydrogen-bond acceptors (Lipinski definition) is 4. The van der Waals surface area contributed by atoms with Crippen molar-refractivity contribution in [3.63, 3.8) is 0 Å². The van der Waals surface area contributed by atoms with Crippen LogP contribution in [0.25, 0.3) is 6.08 Å². The SMILES string of the molecule is CCCc1ccc(C(=O)[C@@H]2[C@@H](C(=O)c3ccc(Br)cc3)N3c4ccccc4C=C[C@@H]3[C@]23C(=O)Nc2ccccc23)cc1. The van der Waals surface area contributed by atoms with Crippen molar-refractivity contribution in [2.75, 3.05) is 10.2 Å². The zero-order chi connectivity index (χ0) is 29.0. The molecule has 7 rings (SSSR count). The molecule has 4 aromatic rings. The van der Waals surface area contributed by atoms with Crippen LogP contribution < -0.4 is 10.2 Å². The summed E-state index contributed by atoms with van der Waals surface area (Å²) in [5, 5.41) is 3.09. The highest BCUT2D eigenvalue weighted by atomic mass is 79.9. The summed E-state index contributed by atoms with van der Waals surface area (Å²) in [6, 6.07) is 28.9. The molecule has 5 nitrogen and oxygen atoms in total. The van der Waals surface area contributed by atoms with E-state index in [1.807, 2.05) is 102 Å². The summed E-state index contributed by atoms with van der Waals surface area (Å²) in [7, 11) is 0. The lowest BCUT2D eigenvalue weighted by atomic mass is 9.64. The van der Waals surface area contributed by atoms with Crippen LogP contribution in [0, 0.1) is 5.92 Å². The molecular formula is C36H29BrN2O3. The molecule has 1 fully saturated rings. The number of ketones is 2. The van der Waals surface area contributed by atoms with Crippen LogP contribution in [0.15, 0.2) is 108 Å². The first-order valence-corrected chi connectivity index (χ1v) is 15.1. The smallest absolute Gasteiger partial charge is 0.238 e. The van der Waals surface area contributed by atoms with Crippen LogP contribution in [0.2, 0.25) is 0 Å². The lowest BCUT2D eigenvalue weighted by Gasteiger charge is -2.37. The molecule has 0 radical (unpaired) electrons. The standard InChI is InChI=1S/C36H29BrN2O3/c1-2-7-22-12-14-24(15-13-22)33(40)31-32(34(41)25-16-19-26(37)20-17-25)39-29-11-6-3-8-23(29)18-21-30(39)36(31)27-9-4-5-10-28(27)38-35(36)42/h3-6,8-21,30-32H,2,7H2,1H3,(H,38,42)/t30-,31+,32+,36+/m1/s1. The number of aryl methyl sites for hydroxylation is 1. The van der Waals surface area contributed by atoms with Crippen molar-refractivity contribution < 1.29 is 14.4 Å². The highest BCUT2D eigenvalue weighted by Crippen LogP contribution is 2.58. The fourth-order valence-electron chi connectivity index (χ4n) is 7.21. The first-order chi connectivity index (χ1) is 20.4. The van der Waals surface area contributed by atoms with E-state index in [-0.39, 0.29) is 17.5 Å². The number of carbonyl (C=O) groups is 3. The van der Waals surface area contributed by atoms with Gasteiger partial charge in [-0.1, -0.05) is 114 Å². The quantitative estimate of drug-likeness (QED) is 0.232. The molecule has 1 amide bonds. The van der Waals surface area contributed by atoms with Gasteiger partial charge >= 0.3 is 0 Å². The lowest BCUT2D eigenvalue weighted by molar-refractivity contribution is -0.121. The van der Waals surface area contributed by atoms with E-state index < -0.39 is 23.4 Å². The number of Topliss-reactive ketones (excluding diaryl/α,β-unsaturated/α-hetero) is 2. The molecule has 208 valence electrons. The second kappa shape index (κ2) is 10.2. The Morgan fingerprint density at radius 1 is 0.857 bits per heavy atom. The van der Waals surface area contributed by atoms with Gasteiger partial charge in [-0.25, -0.2) is 0 Å². The van der Waals surface area contributed by atoms with Crippen molar-refractivity contribution in [2.24, 2.45) is 5.92 Å². The largest absolute Gasteiger partial charge is 0.352 e. The molecule has 1 N–H and O–H groups in total. The molecule has 4 aromatic carbocycles. The van der Waals surface area contributed by atoms with Crippen LogP contribution in [-0.2, 0) is 16.6 Å². The van der Waals surface area contributed by atoms with Gasteiger partial charge in [-0.2, -0.15) is 0 Å². The van der Waals surface area contributed by atoms with E-state index in [0.717, 1.165) is 39.7 Å². The summed E-state index contributed by atoms with van der Waals surface area (Å²) in [6.45, 7) is 2.12. The number of fused-ring (bicyclic) bond motifs is 6. The van der Waals surface area contributed by atoms with Crippen molar-refractivity contribution in [1.29, 1.82) is 0 Å². The average molecular weight is 618 g/mol. The zero-order valence-corrected chi connectivity index (χ0v) is 24.7. The third-order valence-electron chi connectivity index (χ3n) is 9.00. The molecule has 3 aliphatic heterocycles. The van der Waals surface area contributed by atoms with Crippen LogP contribution in [0.3, 0.4) is 0 Å².